The molecule has 70 valence electrons. The van der Waals surface area contributed by atoms with E-state index in [9.17, 15) is 4.79 Å². The van der Waals surface area contributed by atoms with Gasteiger partial charge in [0.2, 0.25) is 0 Å². The van der Waals surface area contributed by atoms with Gasteiger partial charge in [-0.3, -0.25) is 0 Å². The van der Waals surface area contributed by atoms with Crippen LogP contribution in [0.5, 0.6) is 0 Å². The first-order valence-electron chi connectivity index (χ1n) is 4.90. The lowest BCUT2D eigenvalue weighted by molar-refractivity contribution is 0.552. The molecule has 0 saturated carbocycles. The Morgan fingerprint density at radius 3 is 2.79 bits per heavy atom. The van der Waals surface area contributed by atoms with E-state index in [-0.39, 0.29) is 5.63 Å². The average Bonchev–Trinajstić information content (AvgIpc) is 2.67. The fraction of sp³-hybridized carbons (Fsp3) is 0.250. The average molecular weight is 186 g/mol. The van der Waals surface area contributed by atoms with Gasteiger partial charge in [0.05, 0.1) is 0 Å². The topological polar surface area (TPSA) is 30.2 Å². The molecule has 0 atom stereocenters. The summed E-state index contributed by atoms with van der Waals surface area (Å²) in [7, 11) is 0. The summed E-state index contributed by atoms with van der Waals surface area (Å²) in [5.41, 5.74) is 2.68. The Morgan fingerprint density at radius 1 is 1.07 bits per heavy atom. The third-order valence-electron chi connectivity index (χ3n) is 2.88. The van der Waals surface area contributed by atoms with Gasteiger partial charge in [0.15, 0.2) is 0 Å². The smallest absolute Gasteiger partial charge is 0.339 e. The molecule has 3 rings (SSSR count). The van der Waals surface area contributed by atoms with Gasteiger partial charge in [-0.25, -0.2) is 4.79 Å². The van der Waals surface area contributed by atoms with Crippen LogP contribution in [0.2, 0.25) is 0 Å². The normalized spacial score (nSPS) is 14.6. The van der Waals surface area contributed by atoms with Crippen LogP contribution in [0.4, 0.5) is 0 Å². The lowest BCUT2D eigenvalue weighted by Gasteiger charge is -2.02. The predicted octanol–water partition coefficient (Wildman–Crippen LogP) is 2.28. The van der Waals surface area contributed by atoms with Gasteiger partial charge >= 0.3 is 5.63 Å². The third-order valence-corrected chi connectivity index (χ3v) is 2.88. The fourth-order valence-corrected chi connectivity index (χ4v) is 2.23. The molecule has 0 bridgehead atoms. The molecule has 0 aliphatic heterocycles. The Bertz CT molecular complexity index is 552. The van der Waals surface area contributed by atoms with Crippen LogP contribution in [0, 0.1) is 0 Å². The molecule has 2 aromatic rings. The lowest BCUT2D eigenvalue weighted by atomic mass is 10.1. The SMILES string of the molecule is O=c1oc2ccccc2c2c1CCC2. The molecule has 0 saturated heterocycles. The molecule has 14 heavy (non-hydrogen) atoms. The zero-order chi connectivity index (χ0) is 9.54. The lowest BCUT2D eigenvalue weighted by Crippen LogP contribution is -2.06. The summed E-state index contributed by atoms with van der Waals surface area (Å²) in [5, 5.41) is 1.11. The van der Waals surface area contributed by atoms with Crippen molar-refractivity contribution in [3.05, 3.63) is 45.8 Å². The first-order chi connectivity index (χ1) is 6.86. The molecule has 1 aliphatic carbocycles. The van der Waals surface area contributed by atoms with E-state index in [1.165, 1.54) is 5.56 Å². The van der Waals surface area contributed by atoms with Crippen molar-refractivity contribution in [3.8, 4) is 0 Å². The van der Waals surface area contributed by atoms with Crippen molar-refractivity contribution in [1.29, 1.82) is 0 Å². The van der Waals surface area contributed by atoms with Crippen LogP contribution in [0.15, 0.2) is 33.5 Å². The van der Waals surface area contributed by atoms with Gasteiger partial charge in [0, 0.05) is 10.9 Å². The Balaban J connectivity index is 2.52. The van der Waals surface area contributed by atoms with Gasteiger partial charge in [0.1, 0.15) is 5.58 Å². The van der Waals surface area contributed by atoms with Crippen LogP contribution < -0.4 is 5.63 Å². The summed E-state index contributed by atoms with van der Waals surface area (Å²) in [5.74, 6) is 0. The molecule has 0 amide bonds. The molecule has 0 spiro atoms. The zero-order valence-corrected chi connectivity index (χ0v) is 7.75. The standard InChI is InChI=1S/C12H10O2/c13-12-10-6-3-5-8(10)9-4-1-2-7-11(9)14-12/h1-2,4,7H,3,5-6H2. The molecule has 1 heterocycles. The van der Waals surface area contributed by atoms with Crippen molar-refractivity contribution in [1.82, 2.24) is 0 Å². The number of aryl methyl sites for hydroxylation is 1. The maximum Gasteiger partial charge on any atom is 0.339 e. The summed E-state index contributed by atoms with van der Waals surface area (Å²) < 4.78 is 5.25. The molecule has 1 aromatic carbocycles. The number of benzene rings is 1. The van der Waals surface area contributed by atoms with Crippen molar-refractivity contribution < 1.29 is 4.42 Å². The molecule has 0 radical (unpaired) electrons. The highest BCUT2D eigenvalue weighted by atomic mass is 16.4. The molecule has 0 fully saturated rings. The number of fused-ring (bicyclic) bond motifs is 3. The summed E-state index contributed by atoms with van der Waals surface area (Å²) in [6, 6.07) is 7.77. The first-order valence-corrected chi connectivity index (χ1v) is 4.90. The van der Waals surface area contributed by atoms with E-state index in [1.54, 1.807) is 0 Å². The molecule has 0 N–H and O–H groups in total. The van der Waals surface area contributed by atoms with Crippen LogP contribution in [-0.4, -0.2) is 0 Å². The Labute approximate surface area is 81.2 Å². The van der Waals surface area contributed by atoms with Crippen molar-refractivity contribution in [3.63, 3.8) is 0 Å². The quantitative estimate of drug-likeness (QED) is 0.591. The number of rotatable bonds is 0. The number of para-hydroxylation sites is 1. The zero-order valence-electron chi connectivity index (χ0n) is 7.75. The van der Waals surface area contributed by atoms with Gasteiger partial charge in [-0.2, -0.15) is 0 Å². The summed E-state index contributed by atoms with van der Waals surface area (Å²) in [6.07, 6.45) is 2.97. The number of hydrogen-bond acceptors (Lipinski definition) is 2. The number of hydrogen-bond donors (Lipinski definition) is 0. The van der Waals surface area contributed by atoms with E-state index in [4.69, 9.17) is 4.42 Å². The van der Waals surface area contributed by atoms with Crippen molar-refractivity contribution >= 4 is 11.0 Å². The highest BCUT2D eigenvalue weighted by Crippen LogP contribution is 2.26. The first kappa shape index (κ1) is 7.80. The van der Waals surface area contributed by atoms with Gasteiger partial charge in [0.25, 0.3) is 0 Å². The molecule has 0 unspecified atom stereocenters. The Kier molecular flexibility index (Phi) is 1.51. The summed E-state index contributed by atoms with van der Waals surface area (Å²) in [6.45, 7) is 0. The van der Waals surface area contributed by atoms with E-state index >= 15 is 0 Å². The maximum absolute atomic E-state index is 11.6. The molecule has 2 nitrogen and oxygen atoms in total. The Morgan fingerprint density at radius 2 is 1.86 bits per heavy atom. The minimum absolute atomic E-state index is 0.142. The van der Waals surface area contributed by atoms with Gasteiger partial charge < -0.3 is 4.42 Å². The molecular formula is C12H10O2. The van der Waals surface area contributed by atoms with Crippen LogP contribution in [-0.2, 0) is 12.8 Å². The minimum atomic E-state index is -0.142. The monoisotopic (exact) mass is 186 g/mol. The van der Waals surface area contributed by atoms with Crippen LogP contribution in [0.3, 0.4) is 0 Å². The van der Waals surface area contributed by atoms with Gasteiger partial charge in [-0.05, 0) is 30.9 Å². The molecule has 2 heteroatoms. The van der Waals surface area contributed by atoms with Crippen molar-refractivity contribution in [2.45, 2.75) is 19.3 Å². The highest BCUT2D eigenvalue weighted by molar-refractivity contribution is 5.81. The van der Waals surface area contributed by atoms with Crippen LogP contribution in [0.1, 0.15) is 17.5 Å². The van der Waals surface area contributed by atoms with E-state index < -0.39 is 0 Å². The van der Waals surface area contributed by atoms with Crippen LogP contribution >= 0.6 is 0 Å². The van der Waals surface area contributed by atoms with E-state index in [0.717, 1.165) is 35.8 Å². The highest BCUT2D eigenvalue weighted by Gasteiger charge is 2.18. The van der Waals surface area contributed by atoms with Crippen molar-refractivity contribution in [2.24, 2.45) is 0 Å². The maximum atomic E-state index is 11.6. The molecular weight excluding hydrogens is 176 g/mol. The fourth-order valence-electron chi connectivity index (χ4n) is 2.23. The minimum Gasteiger partial charge on any atom is -0.423 e. The predicted molar refractivity (Wildman–Crippen MR) is 54.5 cm³/mol. The van der Waals surface area contributed by atoms with E-state index in [2.05, 4.69) is 0 Å². The molecule has 1 aromatic heterocycles. The van der Waals surface area contributed by atoms with E-state index in [1.807, 2.05) is 24.3 Å². The molecule has 1 aliphatic rings. The van der Waals surface area contributed by atoms with Gasteiger partial charge in [-0.15, -0.1) is 0 Å². The van der Waals surface area contributed by atoms with Gasteiger partial charge in [-0.1, -0.05) is 18.2 Å². The van der Waals surface area contributed by atoms with E-state index in [0.29, 0.717) is 0 Å². The summed E-state index contributed by atoms with van der Waals surface area (Å²) in [4.78, 5) is 11.6. The second-order valence-corrected chi connectivity index (χ2v) is 3.70. The summed E-state index contributed by atoms with van der Waals surface area (Å²) >= 11 is 0. The van der Waals surface area contributed by atoms with Crippen LogP contribution in [0.25, 0.3) is 11.0 Å². The second-order valence-electron chi connectivity index (χ2n) is 3.70. The van der Waals surface area contributed by atoms with Crippen molar-refractivity contribution in [2.75, 3.05) is 0 Å². The largest absolute Gasteiger partial charge is 0.423 e. The third kappa shape index (κ3) is 0.939. The second kappa shape index (κ2) is 2.71. The Hall–Kier alpha value is -1.57.